The molecule has 24 heavy (non-hydrogen) atoms. The Bertz CT molecular complexity index is 503. The quantitative estimate of drug-likeness (QED) is 0.354. The topological polar surface area (TPSA) is 52.3 Å². The molecule has 0 saturated carbocycles. The van der Waals surface area contributed by atoms with Crippen LogP contribution in [0.4, 0.5) is 5.69 Å². The monoisotopic (exact) mass is 333 g/mol. The van der Waals surface area contributed by atoms with E-state index in [2.05, 4.69) is 33.8 Å². The minimum absolute atomic E-state index is 0.0580. The molecule has 136 valence electrons. The van der Waals surface area contributed by atoms with Crippen molar-refractivity contribution in [3.8, 4) is 0 Å². The molecule has 0 heterocycles. The van der Waals surface area contributed by atoms with Gasteiger partial charge in [-0.25, -0.2) is 0 Å². The number of esters is 1. The summed E-state index contributed by atoms with van der Waals surface area (Å²) in [4.78, 5) is 11.9. The first-order chi connectivity index (χ1) is 11.3. The van der Waals surface area contributed by atoms with Gasteiger partial charge in [-0.1, -0.05) is 65.9 Å². The number of carbonyl (C=O) groups is 1. The van der Waals surface area contributed by atoms with Gasteiger partial charge < -0.3 is 10.5 Å². The number of aryl methyl sites for hydroxylation is 1. The van der Waals surface area contributed by atoms with Gasteiger partial charge in [-0.05, 0) is 41.5 Å². The molecule has 2 N–H and O–H groups in total. The Morgan fingerprint density at radius 3 is 2.38 bits per heavy atom. The molecule has 1 rings (SSSR count). The predicted octanol–water partition coefficient (Wildman–Crippen LogP) is 5.40. The van der Waals surface area contributed by atoms with E-state index in [1.54, 1.807) is 0 Å². The molecule has 0 atom stereocenters. The van der Waals surface area contributed by atoms with Crippen molar-refractivity contribution in [1.29, 1.82) is 0 Å². The molecule has 0 aromatic heterocycles. The Kier molecular flexibility index (Phi) is 8.88. The maximum Gasteiger partial charge on any atom is 0.306 e. The van der Waals surface area contributed by atoms with E-state index in [4.69, 9.17) is 10.5 Å². The normalized spacial score (nSPS) is 11.5. The number of nitrogens with two attached hydrogens (primary N) is 1. The van der Waals surface area contributed by atoms with Gasteiger partial charge in [0.2, 0.25) is 0 Å². The average Bonchev–Trinajstić information content (AvgIpc) is 2.51. The molecule has 0 aliphatic carbocycles. The third-order valence-corrected chi connectivity index (χ3v) is 4.26. The number of benzene rings is 1. The Morgan fingerprint density at radius 1 is 1.04 bits per heavy atom. The second-order valence-corrected chi connectivity index (χ2v) is 7.70. The standard InChI is InChI=1S/C21H35NO2/c1-5-6-7-8-9-10-13-24-20(23)12-11-17-14-18(21(2,3)4)16-19(22)15-17/h14-16H,5-13,22H2,1-4H3. The fraction of sp³-hybridized carbons (Fsp3) is 0.667. The molecule has 0 bridgehead atoms. The summed E-state index contributed by atoms with van der Waals surface area (Å²) in [7, 11) is 0. The smallest absolute Gasteiger partial charge is 0.306 e. The van der Waals surface area contributed by atoms with E-state index < -0.39 is 0 Å². The number of carbonyl (C=O) groups excluding carboxylic acids is 1. The van der Waals surface area contributed by atoms with Crippen LogP contribution in [0.5, 0.6) is 0 Å². The SMILES string of the molecule is CCCCCCCCOC(=O)CCc1cc(N)cc(C(C)(C)C)c1. The van der Waals surface area contributed by atoms with Gasteiger partial charge in [0.1, 0.15) is 0 Å². The lowest BCUT2D eigenvalue weighted by molar-refractivity contribution is -0.143. The first-order valence-corrected chi connectivity index (χ1v) is 9.38. The van der Waals surface area contributed by atoms with Crippen LogP contribution in [0.1, 0.15) is 83.8 Å². The second-order valence-electron chi connectivity index (χ2n) is 7.70. The summed E-state index contributed by atoms with van der Waals surface area (Å²) >= 11 is 0. The molecule has 1 aromatic carbocycles. The summed E-state index contributed by atoms with van der Waals surface area (Å²) in [6, 6.07) is 6.12. The van der Waals surface area contributed by atoms with Crippen molar-refractivity contribution < 1.29 is 9.53 Å². The largest absolute Gasteiger partial charge is 0.466 e. The van der Waals surface area contributed by atoms with Crippen LogP contribution in [-0.2, 0) is 21.4 Å². The third kappa shape index (κ3) is 8.37. The van der Waals surface area contributed by atoms with Crippen LogP contribution in [0.15, 0.2) is 18.2 Å². The minimum Gasteiger partial charge on any atom is -0.466 e. The summed E-state index contributed by atoms with van der Waals surface area (Å²) in [5, 5.41) is 0. The molecule has 3 heteroatoms. The molecular weight excluding hydrogens is 298 g/mol. The fourth-order valence-electron chi connectivity index (χ4n) is 2.68. The summed E-state index contributed by atoms with van der Waals surface area (Å²) in [6.45, 7) is 9.27. The van der Waals surface area contributed by atoms with E-state index in [-0.39, 0.29) is 11.4 Å². The van der Waals surface area contributed by atoms with Crippen LogP contribution in [0, 0.1) is 0 Å². The van der Waals surface area contributed by atoms with Gasteiger partial charge in [-0.2, -0.15) is 0 Å². The summed E-state index contributed by atoms with van der Waals surface area (Å²) in [5.74, 6) is -0.108. The fourth-order valence-corrected chi connectivity index (χ4v) is 2.68. The number of ether oxygens (including phenoxy) is 1. The van der Waals surface area contributed by atoms with E-state index >= 15 is 0 Å². The minimum atomic E-state index is -0.108. The van der Waals surface area contributed by atoms with Gasteiger partial charge in [0, 0.05) is 12.1 Å². The average molecular weight is 334 g/mol. The van der Waals surface area contributed by atoms with Gasteiger partial charge >= 0.3 is 5.97 Å². The van der Waals surface area contributed by atoms with Crippen LogP contribution in [-0.4, -0.2) is 12.6 Å². The van der Waals surface area contributed by atoms with Crippen LogP contribution in [0.2, 0.25) is 0 Å². The molecule has 0 spiro atoms. The summed E-state index contributed by atoms with van der Waals surface area (Å²) < 4.78 is 5.33. The lowest BCUT2D eigenvalue weighted by Gasteiger charge is -2.20. The van der Waals surface area contributed by atoms with Crippen LogP contribution in [0.25, 0.3) is 0 Å². The zero-order valence-corrected chi connectivity index (χ0v) is 16.0. The van der Waals surface area contributed by atoms with Gasteiger partial charge in [-0.15, -0.1) is 0 Å². The zero-order chi connectivity index (χ0) is 18.0. The lowest BCUT2D eigenvalue weighted by Crippen LogP contribution is -2.13. The maximum absolute atomic E-state index is 11.9. The van der Waals surface area contributed by atoms with E-state index in [1.165, 1.54) is 31.2 Å². The number of rotatable bonds is 10. The molecule has 0 radical (unpaired) electrons. The Balaban J connectivity index is 2.31. The number of hydrogen-bond donors (Lipinski definition) is 1. The first-order valence-electron chi connectivity index (χ1n) is 9.38. The molecule has 0 fully saturated rings. The van der Waals surface area contributed by atoms with Crippen molar-refractivity contribution in [2.75, 3.05) is 12.3 Å². The highest BCUT2D eigenvalue weighted by molar-refractivity contribution is 5.69. The Morgan fingerprint density at radius 2 is 1.71 bits per heavy atom. The molecule has 1 aromatic rings. The van der Waals surface area contributed by atoms with Crippen LogP contribution >= 0.6 is 0 Å². The molecule has 0 aliphatic heterocycles. The highest BCUT2D eigenvalue weighted by atomic mass is 16.5. The van der Waals surface area contributed by atoms with E-state index in [0.717, 1.165) is 24.1 Å². The van der Waals surface area contributed by atoms with Crippen LogP contribution in [0.3, 0.4) is 0 Å². The van der Waals surface area contributed by atoms with E-state index in [9.17, 15) is 4.79 Å². The van der Waals surface area contributed by atoms with Gasteiger partial charge in [0.15, 0.2) is 0 Å². The van der Waals surface area contributed by atoms with Crippen molar-refractivity contribution in [2.45, 2.75) is 84.5 Å². The number of anilines is 1. The molecule has 3 nitrogen and oxygen atoms in total. The van der Waals surface area contributed by atoms with Gasteiger partial charge in [-0.3, -0.25) is 4.79 Å². The van der Waals surface area contributed by atoms with E-state index in [1.807, 2.05) is 12.1 Å². The first kappa shape index (κ1) is 20.5. The molecule has 0 aliphatic rings. The molecular formula is C21H35NO2. The highest BCUT2D eigenvalue weighted by Crippen LogP contribution is 2.26. The molecule has 0 amide bonds. The van der Waals surface area contributed by atoms with Crippen LogP contribution < -0.4 is 5.73 Å². The van der Waals surface area contributed by atoms with Crippen molar-refractivity contribution in [2.24, 2.45) is 0 Å². The predicted molar refractivity (Wildman–Crippen MR) is 102 cm³/mol. The lowest BCUT2D eigenvalue weighted by atomic mass is 9.85. The van der Waals surface area contributed by atoms with Crippen molar-refractivity contribution in [3.05, 3.63) is 29.3 Å². The highest BCUT2D eigenvalue weighted by Gasteiger charge is 2.15. The Labute approximate surface area is 148 Å². The maximum atomic E-state index is 11.9. The number of hydrogen-bond acceptors (Lipinski definition) is 3. The number of unbranched alkanes of at least 4 members (excludes halogenated alkanes) is 5. The summed E-state index contributed by atoms with van der Waals surface area (Å²) in [6.07, 6.45) is 8.32. The Hall–Kier alpha value is -1.51. The van der Waals surface area contributed by atoms with Gasteiger partial charge in [0.25, 0.3) is 0 Å². The zero-order valence-electron chi connectivity index (χ0n) is 16.0. The molecule has 0 unspecified atom stereocenters. The number of nitrogen functional groups attached to an aromatic ring is 1. The van der Waals surface area contributed by atoms with Crippen molar-refractivity contribution in [1.82, 2.24) is 0 Å². The van der Waals surface area contributed by atoms with Crippen molar-refractivity contribution >= 4 is 11.7 Å². The van der Waals surface area contributed by atoms with E-state index in [0.29, 0.717) is 19.4 Å². The molecule has 0 saturated heterocycles. The summed E-state index contributed by atoms with van der Waals surface area (Å²) in [5.41, 5.74) is 9.13. The van der Waals surface area contributed by atoms with Crippen molar-refractivity contribution in [3.63, 3.8) is 0 Å². The second kappa shape index (κ2) is 10.4. The van der Waals surface area contributed by atoms with Gasteiger partial charge in [0.05, 0.1) is 6.61 Å². The third-order valence-electron chi connectivity index (χ3n) is 4.26.